The number of ether oxygens (including phenoxy) is 1. The Kier molecular flexibility index (Phi) is 10.1. The van der Waals surface area contributed by atoms with Crippen LogP contribution in [0.15, 0.2) is 0 Å². The van der Waals surface area contributed by atoms with Crippen molar-refractivity contribution in [1.82, 2.24) is 0 Å². The molecule has 5 heteroatoms. The minimum absolute atomic E-state index is 0. The van der Waals surface area contributed by atoms with Crippen LogP contribution in [0.2, 0.25) is 0 Å². The van der Waals surface area contributed by atoms with Crippen LogP contribution < -0.4 is 34.7 Å². The molecule has 0 spiro atoms. The second-order valence-electron chi connectivity index (χ2n) is 2.48. The normalized spacial score (nSPS) is 9.15. The molecule has 0 aliphatic carbocycles. The maximum Gasteiger partial charge on any atom is 1.00 e. The fraction of sp³-hybridized carbons (Fsp3) is 0.750. The molecular weight excluding hydrogens is 183 g/mol. The molecule has 0 aliphatic rings. The molecule has 13 heavy (non-hydrogen) atoms. The van der Waals surface area contributed by atoms with Gasteiger partial charge in [-0.2, -0.15) is 0 Å². The van der Waals surface area contributed by atoms with Crippen LogP contribution in [-0.2, 0) is 14.3 Å². The first-order chi connectivity index (χ1) is 5.60. The van der Waals surface area contributed by atoms with E-state index in [0.29, 0.717) is 12.8 Å². The molecule has 0 aromatic rings. The van der Waals surface area contributed by atoms with Crippen molar-refractivity contribution in [2.45, 2.75) is 39.2 Å². The Balaban J connectivity index is 0. The van der Waals surface area contributed by atoms with E-state index in [1.807, 2.05) is 13.8 Å². The summed E-state index contributed by atoms with van der Waals surface area (Å²) in [7, 11) is 0. The van der Waals surface area contributed by atoms with Crippen molar-refractivity contribution < 1.29 is 49.0 Å². The van der Waals surface area contributed by atoms with E-state index in [-0.39, 0.29) is 35.7 Å². The minimum atomic E-state index is -1.40. The van der Waals surface area contributed by atoms with Gasteiger partial charge in [-0.15, -0.1) is 0 Å². The summed E-state index contributed by atoms with van der Waals surface area (Å²) >= 11 is 0. The van der Waals surface area contributed by atoms with Crippen molar-refractivity contribution >= 4 is 11.9 Å². The molecule has 0 amide bonds. The number of carbonyl (C=O) groups is 2. The molecule has 70 valence electrons. The quantitative estimate of drug-likeness (QED) is 0.265. The Morgan fingerprint density at radius 2 is 1.77 bits per heavy atom. The first kappa shape index (κ1) is 15.4. The third-order valence-corrected chi connectivity index (χ3v) is 1.50. The van der Waals surface area contributed by atoms with Crippen molar-refractivity contribution in [1.29, 1.82) is 0 Å². The van der Waals surface area contributed by atoms with Crippen LogP contribution in [0.3, 0.4) is 0 Å². The summed E-state index contributed by atoms with van der Waals surface area (Å²) in [6, 6.07) is 0. The summed E-state index contributed by atoms with van der Waals surface area (Å²) in [5.41, 5.74) is 0. The van der Waals surface area contributed by atoms with E-state index in [2.05, 4.69) is 0 Å². The Labute approximate surface area is 99.9 Å². The molecule has 0 N–H and O–H groups in total. The molecule has 4 nitrogen and oxygen atoms in total. The van der Waals surface area contributed by atoms with Gasteiger partial charge >= 0.3 is 35.5 Å². The van der Waals surface area contributed by atoms with Gasteiger partial charge in [0.1, 0.15) is 6.10 Å². The number of esters is 1. The number of hydrogen-bond donors (Lipinski definition) is 0. The number of aliphatic carboxylic acids is 1. The second kappa shape index (κ2) is 8.53. The predicted octanol–water partition coefficient (Wildman–Crippen LogP) is -3.14. The van der Waals surface area contributed by atoms with Crippen LogP contribution in [-0.4, -0.2) is 18.0 Å². The van der Waals surface area contributed by atoms with Crippen LogP contribution in [0, 0.1) is 0 Å². The summed E-state index contributed by atoms with van der Waals surface area (Å²) in [6.07, 6.45) is 0.581. The number of carbonyl (C=O) groups excluding carboxylic acids is 2. The van der Waals surface area contributed by atoms with Crippen molar-refractivity contribution in [2.24, 2.45) is 0 Å². The number of carboxylic acid groups (broad SMARTS) is 1. The van der Waals surface area contributed by atoms with Crippen LogP contribution in [0.25, 0.3) is 0 Å². The summed E-state index contributed by atoms with van der Waals surface area (Å²) in [5, 5.41) is 9.96. The van der Waals surface area contributed by atoms with E-state index in [9.17, 15) is 14.7 Å². The van der Waals surface area contributed by atoms with Gasteiger partial charge in [-0.3, -0.25) is 4.79 Å². The Hall–Kier alpha value is -0.0600. The van der Waals surface area contributed by atoms with Gasteiger partial charge in [0.05, 0.1) is 12.4 Å². The first-order valence-corrected chi connectivity index (χ1v) is 3.99. The summed E-state index contributed by atoms with van der Waals surface area (Å²) in [6.45, 7) is 3.75. The third kappa shape index (κ3) is 8.28. The van der Waals surface area contributed by atoms with Gasteiger partial charge < -0.3 is 14.6 Å². The monoisotopic (exact) mass is 196 g/mol. The van der Waals surface area contributed by atoms with Gasteiger partial charge in [0, 0.05) is 0 Å². The standard InChI is InChI=1S/C8H14O4.Na/c1-3-6(4-2)12-8(11)5-7(9)10;/h6H,3-5H2,1-2H3,(H,9,10);/q;+1/p-1. The second-order valence-corrected chi connectivity index (χ2v) is 2.48. The fourth-order valence-electron chi connectivity index (χ4n) is 0.801. The van der Waals surface area contributed by atoms with Crippen molar-refractivity contribution in [3.63, 3.8) is 0 Å². The largest absolute Gasteiger partial charge is 1.00 e. The molecule has 0 unspecified atom stereocenters. The van der Waals surface area contributed by atoms with E-state index in [0.717, 1.165) is 0 Å². The molecule has 0 fully saturated rings. The number of carboxylic acids is 1. The molecular formula is C8H13NaO4. The van der Waals surface area contributed by atoms with Crippen LogP contribution in [0.1, 0.15) is 33.1 Å². The van der Waals surface area contributed by atoms with Gasteiger partial charge in [0.15, 0.2) is 0 Å². The van der Waals surface area contributed by atoms with Crippen LogP contribution in [0.5, 0.6) is 0 Å². The Morgan fingerprint density at radius 1 is 1.31 bits per heavy atom. The maximum absolute atomic E-state index is 10.7. The maximum atomic E-state index is 10.7. The fourth-order valence-corrected chi connectivity index (χ4v) is 0.801. The molecule has 0 aliphatic heterocycles. The summed E-state index contributed by atoms with van der Waals surface area (Å²) in [4.78, 5) is 20.7. The molecule has 0 saturated heterocycles. The number of hydrogen-bond acceptors (Lipinski definition) is 4. The zero-order valence-electron chi connectivity index (χ0n) is 8.33. The minimum Gasteiger partial charge on any atom is -0.550 e. The van der Waals surface area contributed by atoms with E-state index < -0.39 is 18.4 Å². The van der Waals surface area contributed by atoms with E-state index >= 15 is 0 Å². The summed E-state index contributed by atoms with van der Waals surface area (Å²) in [5.74, 6) is -2.12. The van der Waals surface area contributed by atoms with E-state index in [4.69, 9.17) is 4.74 Å². The third-order valence-electron chi connectivity index (χ3n) is 1.50. The smallest absolute Gasteiger partial charge is 0.550 e. The average Bonchev–Trinajstić information content (AvgIpc) is 1.98. The molecule has 0 radical (unpaired) electrons. The van der Waals surface area contributed by atoms with Crippen molar-refractivity contribution in [3.8, 4) is 0 Å². The van der Waals surface area contributed by atoms with Crippen molar-refractivity contribution in [2.75, 3.05) is 0 Å². The van der Waals surface area contributed by atoms with E-state index in [1.54, 1.807) is 0 Å². The van der Waals surface area contributed by atoms with Gasteiger partial charge in [-0.25, -0.2) is 0 Å². The zero-order valence-corrected chi connectivity index (χ0v) is 10.3. The van der Waals surface area contributed by atoms with E-state index in [1.165, 1.54) is 0 Å². The van der Waals surface area contributed by atoms with Gasteiger partial charge in [-0.1, -0.05) is 13.8 Å². The molecule has 0 aromatic carbocycles. The van der Waals surface area contributed by atoms with Crippen LogP contribution in [0.4, 0.5) is 0 Å². The number of rotatable bonds is 5. The Morgan fingerprint density at radius 3 is 2.08 bits per heavy atom. The molecule has 0 aromatic heterocycles. The predicted molar refractivity (Wildman–Crippen MR) is 40.1 cm³/mol. The Bertz CT molecular complexity index is 166. The van der Waals surface area contributed by atoms with Gasteiger partial charge in [0.25, 0.3) is 0 Å². The SMILES string of the molecule is CCC(CC)OC(=O)CC(=O)[O-].[Na+]. The molecule has 0 saturated carbocycles. The molecule has 0 rings (SSSR count). The topological polar surface area (TPSA) is 66.4 Å². The molecule has 0 atom stereocenters. The van der Waals surface area contributed by atoms with Gasteiger partial charge in [0.2, 0.25) is 0 Å². The van der Waals surface area contributed by atoms with Gasteiger partial charge in [-0.05, 0) is 12.8 Å². The summed E-state index contributed by atoms with van der Waals surface area (Å²) < 4.78 is 4.80. The first-order valence-electron chi connectivity index (χ1n) is 3.99. The average molecular weight is 196 g/mol. The molecule has 0 bridgehead atoms. The zero-order chi connectivity index (χ0) is 9.56. The van der Waals surface area contributed by atoms with Crippen LogP contribution >= 0.6 is 0 Å². The van der Waals surface area contributed by atoms with Crippen molar-refractivity contribution in [3.05, 3.63) is 0 Å². The molecule has 0 heterocycles.